The highest BCUT2D eigenvalue weighted by atomic mass is 16.5. The Balaban J connectivity index is 1.86. The van der Waals surface area contributed by atoms with E-state index in [-0.39, 0.29) is 5.91 Å². The molecule has 6 nitrogen and oxygen atoms in total. The number of nitrogens with zero attached hydrogens (tertiary/aromatic N) is 2. The van der Waals surface area contributed by atoms with Crippen molar-refractivity contribution in [2.24, 2.45) is 0 Å². The van der Waals surface area contributed by atoms with Crippen LogP contribution in [-0.4, -0.2) is 52.3 Å². The smallest absolute Gasteiger partial charge is 0.257 e. The van der Waals surface area contributed by atoms with Gasteiger partial charge < -0.3 is 24.0 Å². The van der Waals surface area contributed by atoms with Crippen LogP contribution in [0.2, 0.25) is 0 Å². The Bertz CT molecular complexity index is 831. The van der Waals surface area contributed by atoms with Crippen molar-refractivity contribution in [3.63, 3.8) is 0 Å². The van der Waals surface area contributed by atoms with Gasteiger partial charge in [-0.25, -0.2) is 0 Å². The van der Waals surface area contributed by atoms with Crippen molar-refractivity contribution in [3.8, 4) is 17.2 Å². The lowest BCUT2D eigenvalue weighted by molar-refractivity contribution is 0.0781. The number of hydrogen-bond acceptors (Lipinski definition) is 5. The summed E-state index contributed by atoms with van der Waals surface area (Å²) in [5.74, 6) is 1.35. The van der Waals surface area contributed by atoms with Gasteiger partial charge in [-0.2, -0.15) is 0 Å². The number of carbonyl (C=O) groups excluding carboxylic acids is 1. The van der Waals surface area contributed by atoms with E-state index in [4.69, 9.17) is 14.2 Å². The SMILES string of the molecule is COc1cc(OC)c(C(=O)N(C)Cc2ccccc2N2CCCC2)cc1OC. The molecule has 0 bridgehead atoms. The Morgan fingerprint density at radius 1 is 0.964 bits per heavy atom. The monoisotopic (exact) mass is 384 g/mol. The molecule has 0 aromatic heterocycles. The van der Waals surface area contributed by atoms with Crippen LogP contribution in [-0.2, 0) is 6.54 Å². The molecule has 2 aromatic carbocycles. The highest BCUT2D eigenvalue weighted by Gasteiger charge is 2.22. The third kappa shape index (κ3) is 4.01. The van der Waals surface area contributed by atoms with Gasteiger partial charge in [-0.3, -0.25) is 4.79 Å². The van der Waals surface area contributed by atoms with Gasteiger partial charge in [0.15, 0.2) is 11.5 Å². The second kappa shape index (κ2) is 8.87. The average Bonchev–Trinajstić information content (AvgIpc) is 3.27. The van der Waals surface area contributed by atoms with Crippen LogP contribution in [0.4, 0.5) is 5.69 Å². The minimum atomic E-state index is -0.131. The first-order valence-electron chi connectivity index (χ1n) is 9.47. The topological polar surface area (TPSA) is 51.2 Å². The summed E-state index contributed by atoms with van der Waals surface area (Å²) in [6, 6.07) is 11.6. The molecule has 150 valence electrons. The van der Waals surface area contributed by atoms with E-state index in [0.29, 0.717) is 29.4 Å². The number of rotatable bonds is 7. The number of para-hydroxylation sites is 1. The highest BCUT2D eigenvalue weighted by molar-refractivity contribution is 5.97. The zero-order valence-corrected chi connectivity index (χ0v) is 17.0. The fourth-order valence-corrected chi connectivity index (χ4v) is 3.64. The zero-order valence-electron chi connectivity index (χ0n) is 17.0. The molecule has 1 amide bonds. The molecule has 1 fully saturated rings. The van der Waals surface area contributed by atoms with Crippen molar-refractivity contribution in [3.05, 3.63) is 47.5 Å². The predicted molar refractivity (Wildman–Crippen MR) is 110 cm³/mol. The second-order valence-corrected chi connectivity index (χ2v) is 6.89. The summed E-state index contributed by atoms with van der Waals surface area (Å²) in [6.07, 6.45) is 2.43. The second-order valence-electron chi connectivity index (χ2n) is 6.89. The molecular weight excluding hydrogens is 356 g/mol. The van der Waals surface area contributed by atoms with Gasteiger partial charge in [0, 0.05) is 44.5 Å². The van der Waals surface area contributed by atoms with Crippen LogP contribution in [0.5, 0.6) is 17.2 Å². The van der Waals surface area contributed by atoms with E-state index in [1.807, 2.05) is 6.07 Å². The first kappa shape index (κ1) is 19.9. The lowest BCUT2D eigenvalue weighted by atomic mass is 10.1. The first-order chi connectivity index (χ1) is 13.6. The van der Waals surface area contributed by atoms with E-state index in [1.54, 1.807) is 45.4 Å². The van der Waals surface area contributed by atoms with Gasteiger partial charge in [0.2, 0.25) is 0 Å². The summed E-state index contributed by atoms with van der Waals surface area (Å²) in [5, 5.41) is 0. The minimum Gasteiger partial charge on any atom is -0.496 e. The molecule has 0 spiro atoms. The lowest BCUT2D eigenvalue weighted by Crippen LogP contribution is -2.28. The number of methoxy groups -OCH3 is 3. The molecule has 0 aliphatic carbocycles. The number of carbonyl (C=O) groups is 1. The van der Waals surface area contributed by atoms with Crippen LogP contribution in [0.3, 0.4) is 0 Å². The molecule has 6 heteroatoms. The van der Waals surface area contributed by atoms with Gasteiger partial charge in [0.25, 0.3) is 5.91 Å². The van der Waals surface area contributed by atoms with Crippen LogP contribution in [0.15, 0.2) is 36.4 Å². The van der Waals surface area contributed by atoms with Crippen molar-refractivity contribution in [1.82, 2.24) is 4.90 Å². The van der Waals surface area contributed by atoms with E-state index in [9.17, 15) is 4.79 Å². The van der Waals surface area contributed by atoms with Crippen molar-refractivity contribution in [2.75, 3.05) is 46.4 Å². The van der Waals surface area contributed by atoms with E-state index in [2.05, 4.69) is 23.1 Å². The molecule has 1 heterocycles. The maximum Gasteiger partial charge on any atom is 0.257 e. The standard InChI is InChI=1S/C22H28N2O4/c1-23(15-16-9-5-6-10-18(16)24-11-7-8-12-24)22(25)17-13-20(27-3)21(28-4)14-19(17)26-2/h5-6,9-10,13-14H,7-8,11-12,15H2,1-4H3. The van der Waals surface area contributed by atoms with E-state index in [0.717, 1.165) is 18.7 Å². The van der Waals surface area contributed by atoms with Crippen molar-refractivity contribution in [2.45, 2.75) is 19.4 Å². The molecule has 0 radical (unpaired) electrons. The summed E-state index contributed by atoms with van der Waals surface area (Å²) in [4.78, 5) is 17.3. The van der Waals surface area contributed by atoms with Crippen molar-refractivity contribution < 1.29 is 19.0 Å². The average molecular weight is 384 g/mol. The molecule has 28 heavy (non-hydrogen) atoms. The fraction of sp³-hybridized carbons (Fsp3) is 0.409. The Morgan fingerprint density at radius 2 is 1.57 bits per heavy atom. The number of amides is 1. The van der Waals surface area contributed by atoms with Crippen LogP contribution < -0.4 is 19.1 Å². The quantitative estimate of drug-likeness (QED) is 0.730. The molecule has 0 atom stereocenters. The van der Waals surface area contributed by atoms with Gasteiger partial charge in [-0.05, 0) is 24.5 Å². The normalized spacial score (nSPS) is 13.4. The minimum absolute atomic E-state index is 0.131. The maximum absolute atomic E-state index is 13.2. The van der Waals surface area contributed by atoms with Gasteiger partial charge >= 0.3 is 0 Å². The van der Waals surface area contributed by atoms with E-state index in [1.165, 1.54) is 18.5 Å². The molecule has 0 N–H and O–H groups in total. The van der Waals surface area contributed by atoms with Gasteiger partial charge in [0.1, 0.15) is 5.75 Å². The van der Waals surface area contributed by atoms with Gasteiger partial charge in [0.05, 0.1) is 26.9 Å². The van der Waals surface area contributed by atoms with Crippen LogP contribution >= 0.6 is 0 Å². The van der Waals surface area contributed by atoms with Crippen LogP contribution in [0.1, 0.15) is 28.8 Å². The van der Waals surface area contributed by atoms with Crippen LogP contribution in [0, 0.1) is 0 Å². The number of anilines is 1. The number of ether oxygens (including phenoxy) is 3. The summed E-state index contributed by atoms with van der Waals surface area (Å²) in [5.41, 5.74) is 2.79. The lowest BCUT2D eigenvalue weighted by Gasteiger charge is -2.25. The zero-order chi connectivity index (χ0) is 20.1. The van der Waals surface area contributed by atoms with Crippen molar-refractivity contribution >= 4 is 11.6 Å². The number of hydrogen-bond donors (Lipinski definition) is 0. The van der Waals surface area contributed by atoms with E-state index >= 15 is 0 Å². The van der Waals surface area contributed by atoms with Crippen molar-refractivity contribution in [1.29, 1.82) is 0 Å². The molecule has 3 rings (SSSR count). The molecule has 0 unspecified atom stereocenters. The Labute approximate surface area is 166 Å². The summed E-state index contributed by atoms with van der Waals surface area (Å²) in [6.45, 7) is 2.65. The third-order valence-electron chi connectivity index (χ3n) is 5.13. The van der Waals surface area contributed by atoms with Crippen LogP contribution in [0.25, 0.3) is 0 Å². The molecule has 0 saturated carbocycles. The third-order valence-corrected chi connectivity index (χ3v) is 5.13. The fourth-order valence-electron chi connectivity index (χ4n) is 3.64. The summed E-state index contributed by atoms with van der Waals surface area (Å²) >= 11 is 0. The van der Waals surface area contributed by atoms with E-state index < -0.39 is 0 Å². The predicted octanol–water partition coefficient (Wildman–Crippen LogP) is 3.58. The molecular formula is C22H28N2O4. The Morgan fingerprint density at radius 3 is 2.21 bits per heavy atom. The number of benzene rings is 2. The Kier molecular flexibility index (Phi) is 6.29. The summed E-state index contributed by atoms with van der Waals surface area (Å²) < 4.78 is 16.1. The molecule has 1 aliphatic rings. The molecule has 1 aliphatic heterocycles. The first-order valence-corrected chi connectivity index (χ1v) is 9.47. The van der Waals surface area contributed by atoms with Gasteiger partial charge in [-0.15, -0.1) is 0 Å². The summed E-state index contributed by atoms with van der Waals surface area (Å²) in [7, 11) is 6.45. The highest BCUT2D eigenvalue weighted by Crippen LogP contribution is 2.35. The maximum atomic E-state index is 13.2. The molecule has 1 saturated heterocycles. The van der Waals surface area contributed by atoms with Gasteiger partial charge in [-0.1, -0.05) is 18.2 Å². The Hall–Kier alpha value is -2.89. The largest absolute Gasteiger partial charge is 0.496 e. The molecule has 2 aromatic rings.